The second-order valence-corrected chi connectivity index (χ2v) is 14.7. The van der Waals surface area contributed by atoms with Gasteiger partial charge in [-0.25, -0.2) is 0 Å². The van der Waals surface area contributed by atoms with Crippen molar-refractivity contribution in [3.63, 3.8) is 0 Å². The van der Waals surface area contributed by atoms with Gasteiger partial charge in [0.2, 0.25) is 0 Å². The van der Waals surface area contributed by atoms with E-state index in [0.717, 1.165) is 44.9 Å². The molecule has 0 heterocycles. The Labute approximate surface area is 227 Å². The van der Waals surface area contributed by atoms with E-state index >= 15 is 0 Å². The third kappa shape index (κ3) is 8.92. The lowest BCUT2D eigenvalue weighted by molar-refractivity contribution is -0.0544. The summed E-state index contributed by atoms with van der Waals surface area (Å²) >= 11 is 0. The van der Waals surface area contributed by atoms with Crippen molar-refractivity contribution in [1.29, 1.82) is 0 Å². The van der Waals surface area contributed by atoms with Gasteiger partial charge in [0.05, 0.1) is 23.4 Å². The highest BCUT2D eigenvalue weighted by atomic mass is 16.3. The first-order valence-corrected chi connectivity index (χ1v) is 15.4. The Morgan fingerprint density at radius 3 is 2.41 bits per heavy atom. The smallest absolute Gasteiger partial charge is 0.0849 e. The number of aliphatic hydroxyl groups excluding tert-OH is 2. The fraction of sp³-hybridized carbons (Fsp3) is 0.879. The van der Waals surface area contributed by atoms with E-state index in [4.69, 9.17) is 0 Å². The number of hydrogen-bond acceptors (Lipinski definition) is 4. The third-order valence-electron chi connectivity index (χ3n) is 10.2. The molecule has 214 valence electrons. The van der Waals surface area contributed by atoms with Gasteiger partial charge in [-0.15, -0.1) is 0 Å². The standard InChI is InChI=1S/C33H58O4/c1-23-19-25(22-28(34)20-23)11-13-26-10-8-18-33(6)27(14-15-29(26)33)21-24(9-7-17-31(2,3)36)12-16-30(35)32(4,5)37/h11,13,23-24,27-30,34-37H,7-10,12,14-22H2,1-6H3/b25-11+,26-13+/t23-,24+,27?,28+,29?,30-,33-/m1/s1. The van der Waals surface area contributed by atoms with Crippen molar-refractivity contribution in [1.82, 2.24) is 0 Å². The summed E-state index contributed by atoms with van der Waals surface area (Å²) in [5, 5.41) is 41.2. The highest BCUT2D eigenvalue weighted by Crippen LogP contribution is 2.59. The van der Waals surface area contributed by atoms with Crippen LogP contribution < -0.4 is 0 Å². The van der Waals surface area contributed by atoms with Gasteiger partial charge < -0.3 is 20.4 Å². The fourth-order valence-electron chi connectivity index (χ4n) is 7.91. The third-order valence-corrected chi connectivity index (χ3v) is 10.2. The van der Waals surface area contributed by atoms with Crippen LogP contribution >= 0.6 is 0 Å². The molecule has 37 heavy (non-hydrogen) atoms. The number of fused-ring (bicyclic) bond motifs is 1. The Hall–Kier alpha value is -0.680. The van der Waals surface area contributed by atoms with Gasteiger partial charge in [0.15, 0.2) is 0 Å². The van der Waals surface area contributed by atoms with Crippen LogP contribution in [0, 0.1) is 29.1 Å². The minimum atomic E-state index is -1.06. The summed E-state index contributed by atoms with van der Waals surface area (Å²) in [6, 6.07) is 0. The SMILES string of the molecule is C[C@@H]1C/C(=C\C=C2/CCC[C@]3(C)C(C[C@@H](CCCC(C)(C)O)CC[C@@H](O)C(C)(C)O)CCC23)C[C@@H](O)C1. The van der Waals surface area contributed by atoms with E-state index in [9.17, 15) is 20.4 Å². The van der Waals surface area contributed by atoms with Crippen LogP contribution in [-0.4, -0.2) is 43.8 Å². The lowest BCUT2D eigenvalue weighted by atomic mass is 9.61. The molecule has 3 aliphatic carbocycles. The van der Waals surface area contributed by atoms with Gasteiger partial charge in [-0.2, -0.15) is 0 Å². The number of aliphatic hydroxyl groups is 4. The quantitative estimate of drug-likeness (QED) is 0.235. The summed E-state index contributed by atoms with van der Waals surface area (Å²) in [6.45, 7) is 12.0. The second-order valence-electron chi connectivity index (χ2n) is 14.7. The lowest BCUT2D eigenvalue weighted by Gasteiger charge is -2.43. The molecule has 3 saturated carbocycles. The monoisotopic (exact) mass is 518 g/mol. The molecule has 0 spiro atoms. The fourth-order valence-corrected chi connectivity index (χ4v) is 7.91. The summed E-state index contributed by atoms with van der Waals surface area (Å²) in [5.41, 5.74) is 1.69. The molecule has 4 N–H and O–H groups in total. The van der Waals surface area contributed by atoms with Crippen LogP contribution in [0.3, 0.4) is 0 Å². The summed E-state index contributed by atoms with van der Waals surface area (Å²) in [4.78, 5) is 0. The van der Waals surface area contributed by atoms with Crippen molar-refractivity contribution in [2.45, 2.75) is 155 Å². The predicted molar refractivity (Wildman–Crippen MR) is 153 cm³/mol. The van der Waals surface area contributed by atoms with Crippen LogP contribution in [0.5, 0.6) is 0 Å². The first-order valence-electron chi connectivity index (χ1n) is 15.4. The zero-order valence-electron chi connectivity index (χ0n) is 24.8. The summed E-state index contributed by atoms with van der Waals surface area (Å²) < 4.78 is 0. The van der Waals surface area contributed by atoms with E-state index < -0.39 is 17.3 Å². The van der Waals surface area contributed by atoms with Crippen LogP contribution in [0.1, 0.15) is 131 Å². The zero-order valence-corrected chi connectivity index (χ0v) is 24.8. The topological polar surface area (TPSA) is 80.9 Å². The van der Waals surface area contributed by atoms with E-state index in [1.54, 1.807) is 19.4 Å². The summed E-state index contributed by atoms with van der Waals surface area (Å²) in [5.74, 6) is 2.44. The molecule has 0 aromatic heterocycles. The van der Waals surface area contributed by atoms with Crippen molar-refractivity contribution >= 4 is 0 Å². The van der Waals surface area contributed by atoms with Crippen LogP contribution in [0.25, 0.3) is 0 Å². The maximum Gasteiger partial charge on any atom is 0.0849 e. The first-order chi connectivity index (χ1) is 17.2. The Kier molecular flexibility index (Phi) is 10.6. The normalized spacial score (nSPS) is 35.1. The summed E-state index contributed by atoms with van der Waals surface area (Å²) in [7, 11) is 0. The molecule has 4 heteroatoms. The molecule has 4 nitrogen and oxygen atoms in total. The van der Waals surface area contributed by atoms with Gasteiger partial charge >= 0.3 is 0 Å². The van der Waals surface area contributed by atoms with E-state index in [1.807, 2.05) is 13.8 Å². The lowest BCUT2D eigenvalue weighted by Crippen LogP contribution is -2.36. The number of allylic oxidation sites excluding steroid dienone is 3. The maximum atomic E-state index is 10.5. The largest absolute Gasteiger partial charge is 0.393 e. The predicted octanol–water partition coefficient (Wildman–Crippen LogP) is 7.10. The minimum Gasteiger partial charge on any atom is -0.393 e. The second kappa shape index (κ2) is 12.7. The molecule has 0 saturated heterocycles. The van der Waals surface area contributed by atoms with Gasteiger partial charge in [-0.3, -0.25) is 0 Å². The molecule has 3 aliphatic rings. The van der Waals surface area contributed by atoms with Crippen molar-refractivity contribution in [3.05, 3.63) is 23.3 Å². The highest BCUT2D eigenvalue weighted by molar-refractivity contribution is 5.26. The Bertz CT molecular complexity index is 773. The van der Waals surface area contributed by atoms with Crippen LogP contribution in [0.2, 0.25) is 0 Å². The zero-order chi connectivity index (χ0) is 27.4. The van der Waals surface area contributed by atoms with Crippen molar-refractivity contribution in [2.75, 3.05) is 0 Å². The molecule has 3 fully saturated rings. The van der Waals surface area contributed by atoms with Crippen LogP contribution in [-0.2, 0) is 0 Å². The molecule has 0 aromatic rings. The average Bonchev–Trinajstić information content (AvgIpc) is 3.10. The average molecular weight is 519 g/mol. The highest BCUT2D eigenvalue weighted by Gasteiger charge is 2.49. The number of hydrogen-bond donors (Lipinski definition) is 4. The van der Waals surface area contributed by atoms with E-state index in [0.29, 0.717) is 35.5 Å². The molecule has 0 radical (unpaired) electrons. The van der Waals surface area contributed by atoms with Crippen LogP contribution in [0.4, 0.5) is 0 Å². The van der Waals surface area contributed by atoms with E-state index in [-0.39, 0.29) is 6.10 Å². The Balaban J connectivity index is 1.69. The van der Waals surface area contributed by atoms with E-state index in [2.05, 4.69) is 26.0 Å². The van der Waals surface area contributed by atoms with Gasteiger partial charge in [0.1, 0.15) is 0 Å². The van der Waals surface area contributed by atoms with Gasteiger partial charge in [0, 0.05) is 0 Å². The Morgan fingerprint density at radius 2 is 1.76 bits per heavy atom. The molecule has 2 unspecified atom stereocenters. The minimum absolute atomic E-state index is 0.177. The molecule has 3 rings (SSSR count). The van der Waals surface area contributed by atoms with E-state index in [1.165, 1.54) is 44.1 Å². The molecular formula is C33H58O4. The molecule has 0 amide bonds. The Morgan fingerprint density at radius 1 is 1.03 bits per heavy atom. The first kappa shape index (κ1) is 30.9. The van der Waals surface area contributed by atoms with Crippen LogP contribution in [0.15, 0.2) is 23.3 Å². The molecule has 0 aromatic carbocycles. The number of rotatable bonds is 11. The van der Waals surface area contributed by atoms with Crippen molar-refractivity contribution in [2.24, 2.45) is 29.1 Å². The molecule has 0 aliphatic heterocycles. The molecule has 0 bridgehead atoms. The van der Waals surface area contributed by atoms with Gasteiger partial charge in [0.25, 0.3) is 0 Å². The van der Waals surface area contributed by atoms with Crippen molar-refractivity contribution < 1.29 is 20.4 Å². The van der Waals surface area contributed by atoms with Gasteiger partial charge in [-0.1, -0.05) is 50.0 Å². The van der Waals surface area contributed by atoms with Crippen molar-refractivity contribution in [3.8, 4) is 0 Å². The maximum absolute atomic E-state index is 10.5. The summed E-state index contributed by atoms with van der Waals surface area (Å²) in [6.07, 6.45) is 18.8. The van der Waals surface area contributed by atoms with Gasteiger partial charge in [-0.05, 0) is 134 Å². The molecule has 7 atom stereocenters. The molecular weight excluding hydrogens is 460 g/mol.